The molecule has 1 unspecified atom stereocenters. The standard InChI is InChI=1S/C12H23NO/c1-10(12(2,3)4)13-9-7-5-6-8-11(13)14/h10H,5-9H2,1-4H3. The van der Waals surface area contributed by atoms with E-state index < -0.39 is 0 Å². The monoisotopic (exact) mass is 197 g/mol. The third-order valence-electron chi connectivity index (χ3n) is 3.33. The predicted octanol–water partition coefficient (Wildman–Crippen LogP) is 2.82. The van der Waals surface area contributed by atoms with Gasteiger partial charge in [0.15, 0.2) is 0 Å². The van der Waals surface area contributed by atoms with Crippen molar-refractivity contribution in [3.05, 3.63) is 0 Å². The fourth-order valence-corrected chi connectivity index (χ4v) is 1.88. The van der Waals surface area contributed by atoms with E-state index >= 15 is 0 Å². The second-order valence-corrected chi connectivity index (χ2v) is 5.44. The molecule has 0 aliphatic carbocycles. The SMILES string of the molecule is CC(N1CCCCCC1=O)C(C)(C)C. The van der Waals surface area contributed by atoms with Crippen LogP contribution in [-0.2, 0) is 4.79 Å². The van der Waals surface area contributed by atoms with E-state index in [9.17, 15) is 4.79 Å². The van der Waals surface area contributed by atoms with Crippen molar-refractivity contribution < 1.29 is 4.79 Å². The average Bonchev–Trinajstić information content (AvgIpc) is 2.27. The predicted molar refractivity (Wildman–Crippen MR) is 59.1 cm³/mol. The Morgan fingerprint density at radius 1 is 1.21 bits per heavy atom. The highest BCUT2D eigenvalue weighted by Crippen LogP contribution is 2.26. The van der Waals surface area contributed by atoms with Gasteiger partial charge >= 0.3 is 0 Å². The molecular formula is C12H23NO. The maximum atomic E-state index is 11.8. The van der Waals surface area contributed by atoms with Crippen molar-refractivity contribution in [2.75, 3.05) is 6.54 Å². The Morgan fingerprint density at radius 3 is 2.43 bits per heavy atom. The number of amides is 1. The van der Waals surface area contributed by atoms with Crippen LogP contribution in [0.2, 0.25) is 0 Å². The molecule has 0 bridgehead atoms. The summed E-state index contributed by atoms with van der Waals surface area (Å²) < 4.78 is 0. The zero-order valence-corrected chi connectivity index (χ0v) is 9.97. The van der Waals surface area contributed by atoms with Gasteiger partial charge in [0.2, 0.25) is 5.91 Å². The normalized spacial score (nSPS) is 22.0. The number of nitrogens with zero attached hydrogens (tertiary/aromatic N) is 1. The van der Waals surface area contributed by atoms with Crippen LogP contribution in [0.1, 0.15) is 53.4 Å². The van der Waals surface area contributed by atoms with E-state index in [0.29, 0.717) is 11.9 Å². The molecule has 1 amide bonds. The number of likely N-dealkylation sites (tertiary alicyclic amines) is 1. The zero-order chi connectivity index (χ0) is 10.8. The molecule has 82 valence electrons. The van der Waals surface area contributed by atoms with Crippen LogP contribution in [0.4, 0.5) is 0 Å². The zero-order valence-electron chi connectivity index (χ0n) is 9.97. The molecule has 1 aliphatic heterocycles. The van der Waals surface area contributed by atoms with Crippen molar-refractivity contribution in [2.24, 2.45) is 5.41 Å². The van der Waals surface area contributed by atoms with Gasteiger partial charge in [-0.25, -0.2) is 0 Å². The molecule has 0 aromatic carbocycles. The molecule has 1 rings (SSSR count). The van der Waals surface area contributed by atoms with E-state index in [1.54, 1.807) is 0 Å². The van der Waals surface area contributed by atoms with Gasteiger partial charge in [0.25, 0.3) is 0 Å². The minimum atomic E-state index is 0.194. The van der Waals surface area contributed by atoms with Crippen LogP contribution < -0.4 is 0 Å². The highest BCUT2D eigenvalue weighted by Gasteiger charge is 2.29. The van der Waals surface area contributed by atoms with Gasteiger partial charge in [0.1, 0.15) is 0 Å². The molecular weight excluding hydrogens is 174 g/mol. The largest absolute Gasteiger partial charge is 0.339 e. The Kier molecular flexibility index (Phi) is 3.57. The average molecular weight is 197 g/mol. The first-order valence-electron chi connectivity index (χ1n) is 5.72. The van der Waals surface area contributed by atoms with Gasteiger partial charge in [-0.1, -0.05) is 27.2 Å². The summed E-state index contributed by atoms with van der Waals surface area (Å²) in [5.41, 5.74) is 0.194. The highest BCUT2D eigenvalue weighted by atomic mass is 16.2. The van der Waals surface area contributed by atoms with E-state index in [0.717, 1.165) is 19.4 Å². The van der Waals surface area contributed by atoms with Crippen molar-refractivity contribution in [1.29, 1.82) is 0 Å². The molecule has 14 heavy (non-hydrogen) atoms. The first-order chi connectivity index (χ1) is 6.43. The Bertz CT molecular complexity index is 205. The lowest BCUT2D eigenvalue weighted by Crippen LogP contribution is -2.45. The second kappa shape index (κ2) is 4.33. The first-order valence-corrected chi connectivity index (χ1v) is 5.72. The van der Waals surface area contributed by atoms with Crippen molar-refractivity contribution in [3.8, 4) is 0 Å². The Morgan fingerprint density at radius 2 is 1.86 bits per heavy atom. The Hall–Kier alpha value is -0.530. The number of rotatable bonds is 1. The van der Waals surface area contributed by atoms with Crippen LogP contribution in [0.3, 0.4) is 0 Å². The van der Waals surface area contributed by atoms with E-state index in [1.807, 2.05) is 0 Å². The van der Waals surface area contributed by atoms with Gasteiger partial charge in [-0.15, -0.1) is 0 Å². The summed E-state index contributed by atoms with van der Waals surface area (Å²) in [7, 11) is 0. The number of carbonyl (C=O) groups is 1. The fraction of sp³-hybridized carbons (Fsp3) is 0.917. The van der Waals surface area contributed by atoms with Crippen LogP contribution in [0.15, 0.2) is 0 Å². The molecule has 0 radical (unpaired) electrons. The molecule has 0 aromatic rings. The maximum absolute atomic E-state index is 11.8. The molecule has 0 spiro atoms. The van der Waals surface area contributed by atoms with E-state index in [4.69, 9.17) is 0 Å². The van der Waals surface area contributed by atoms with Crippen molar-refractivity contribution >= 4 is 5.91 Å². The van der Waals surface area contributed by atoms with Gasteiger partial charge in [0, 0.05) is 19.0 Å². The van der Waals surface area contributed by atoms with E-state index in [1.165, 1.54) is 12.8 Å². The summed E-state index contributed by atoms with van der Waals surface area (Å²) in [5.74, 6) is 0.352. The summed E-state index contributed by atoms with van der Waals surface area (Å²) in [4.78, 5) is 13.9. The van der Waals surface area contributed by atoms with E-state index in [2.05, 4.69) is 32.6 Å². The summed E-state index contributed by atoms with van der Waals surface area (Å²) >= 11 is 0. The van der Waals surface area contributed by atoms with Crippen LogP contribution in [0.5, 0.6) is 0 Å². The van der Waals surface area contributed by atoms with Gasteiger partial charge in [-0.2, -0.15) is 0 Å². The quantitative estimate of drug-likeness (QED) is 0.633. The van der Waals surface area contributed by atoms with Crippen LogP contribution in [0, 0.1) is 5.41 Å². The topological polar surface area (TPSA) is 20.3 Å². The minimum Gasteiger partial charge on any atom is -0.339 e. The van der Waals surface area contributed by atoms with E-state index in [-0.39, 0.29) is 5.41 Å². The minimum absolute atomic E-state index is 0.194. The molecule has 1 heterocycles. The summed E-state index contributed by atoms with van der Waals surface area (Å²) in [6, 6.07) is 0.355. The lowest BCUT2D eigenvalue weighted by molar-refractivity contribution is -0.134. The van der Waals surface area contributed by atoms with Crippen molar-refractivity contribution in [3.63, 3.8) is 0 Å². The summed E-state index contributed by atoms with van der Waals surface area (Å²) in [6.07, 6.45) is 4.21. The molecule has 0 aromatic heterocycles. The molecule has 1 saturated heterocycles. The third-order valence-corrected chi connectivity index (χ3v) is 3.33. The van der Waals surface area contributed by atoms with Crippen molar-refractivity contribution in [1.82, 2.24) is 4.90 Å². The molecule has 1 aliphatic rings. The van der Waals surface area contributed by atoms with Crippen LogP contribution >= 0.6 is 0 Å². The first kappa shape index (κ1) is 11.5. The highest BCUT2D eigenvalue weighted by molar-refractivity contribution is 5.76. The number of carbonyl (C=O) groups excluding carboxylic acids is 1. The second-order valence-electron chi connectivity index (χ2n) is 5.44. The lowest BCUT2D eigenvalue weighted by atomic mass is 9.86. The molecule has 0 saturated carbocycles. The molecule has 2 nitrogen and oxygen atoms in total. The number of hydrogen-bond acceptors (Lipinski definition) is 1. The molecule has 0 N–H and O–H groups in total. The van der Waals surface area contributed by atoms with Crippen LogP contribution in [-0.4, -0.2) is 23.4 Å². The summed E-state index contributed by atoms with van der Waals surface area (Å²) in [6.45, 7) is 9.74. The molecule has 2 heteroatoms. The fourth-order valence-electron chi connectivity index (χ4n) is 1.88. The van der Waals surface area contributed by atoms with Crippen LogP contribution in [0.25, 0.3) is 0 Å². The molecule has 1 fully saturated rings. The van der Waals surface area contributed by atoms with Gasteiger partial charge in [-0.05, 0) is 25.2 Å². The molecule has 1 atom stereocenters. The van der Waals surface area contributed by atoms with Gasteiger partial charge in [-0.3, -0.25) is 4.79 Å². The summed E-state index contributed by atoms with van der Waals surface area (Å²) in [5, 5.41) is 0. The van der Waals surface area contributed by atoms with Gasteiger partial charge < -0.3 is 4.90 Å². The number of hydrogen-bond donors (Lipinski definition) is 0. The maximum Gasteiger partial charge on any atom is 0.222 e. The Labute approximate surface area is 87.7 Å². The Balaban J connectivity index is 2.68. The third kappa shape index (κ3) is 2.73. The smallest absolute Gasteiger partial charge is 0.222 e. The van der Waals surface area contributed by atoms with Gasteiger partial charge in [0.05, 0.1) is 0 Å². The lowest BCUT2D eigenvalue weighted by Gasteiger charge is -2.37. The van der Waals surface area contributed by atoms with Crippen molar-refractivity contribution in [2.45, 2.75) is 59.4 Å².